The Kier molecular flexibility index (Phi) is 3.23. The van der Waals surface area contributed by atoms with Crippen molar-refractivity contribution in [1.29, 1.82) is 0 Å². The summed E-state index contributed by atoms with van der Waals surface area (Å²) in [4.78, 5) is 0. The van der Waals surface area contributed by atoms with E-state index in [1.54, 1.807) is 6.07 Å². The summed E-state index contributed by atoms with van der Waals surface area (Å²) in [6.45, 7) is 5.27. The highest BCUT2D eigenvalue weighted by Crippen LogP contribution is 2.28. The number of hydrogen-bond acceptors (Lipinski definition) is 2. The van der Waals surface area contributed by atoms with Crippen LogP contribution in [0.1, 0.15) is 44.7 Å². The lowest BCUT2D eigenvalue weighted by molar-refractivity contribution is 0.338. The number of fused-ring (bicyclic) bond motifs is 1. The van der Waals surface area contributed by atoms with E-state index in [1.807, 2.05) is 12.1 Å². The topological polar surface area (TPSA) is 37.2 Å². The quantitative estimate of drug-likeness (QED) is 0.879. The molecule has 102 valence electrons. The summed E-state index contributed by atoms with van der Waals surface area (Å²) in [5.74, 6) is 0.346. The van der Waals surface area contributed by atoms with E-state index in [9.17, 15) is 5.11 Å². The molecule has 0 spiro atoms. The van der Waals surface area contributed by atoms with Crippen LogP contribution in [-0.4, -0.2) is 15.7 Å². The molecule has 0 unspecified atom stereocenters. The molecule has 1 aromatic carbocycles. The van der Waals surface area contributed by atoms with Crippen molar-refractivity contribution in [2.45, 2.75) is 51.7 Å². The number of rotatable bonds is 4. The Labute approximate surface area is 114 Å². The van der Waals surface area contributed by atoms with E-state index < -0.39 is 0 Å². The van der Waals surface area contributed by atoms with E-state index >= 15 is 0 Å². The molecule has 1 fully saturated rings. The molecule has 0 atom stereocenters. The van der Waals surface area contributed by atoms with Gasteiger partial charge in [0.1, 0.15) is 5.75 Å². The van der Waals surface area contributed by atoms with E-state index in [0.717, 1.165) is 6.54 Å². The van der Waals surface area contributed by atoms with Crippen molar-refractivity contribution in [2.75, 3.05) is 0 Å². The standard InChI is InChI=1S/C16H22N2O/c1-11(2)18-10-12(9-17-13-4-3-5-13)15-8-14(19)6-7-16(15)18/h6-8,10-11,13,17,19H,3-5,9H2,1-2H3. The van der Waals surface area contributed by atoms with Crippen molar-refractivity contribution >= 4 is 10.9 Å². The first-order chi connectivity index (χ1) is 9.15. The van der Waals surface area contributed by atoms with Gasteiger partial charge in [0.2, 0.25) is 0 Å². The smallest absolute Gasteiger partial charge is 0.116 e. The van der Waals surface area contributed by atoms with Crippen molar-refractivity contribution < 1.29 is 5.11 Å². The molecule has 3 heteroatoms. The third-order valence-electron chi connectivity index (χ3n) is 4.14. The van der Waals surface area contributed by atoms with Crippen LogP contribution < -0.4 is 5.32 Å². The third-order valence-corrected chi connectivity index (χ3v) is 4.14. The SMILES string of the molecule is CC(C)n1cc(CNC2CCC2)c2cc(O)ccc21. The molecular weight excluding hydrogens is 236 g/mol. The molecule has 19 heavy (non-hydrogen) atoms. The minimum atomic E-state index is 0.346. The Balaban J connectivity index is 1.94. The number of phenols is 1. The van der Waals surface area contributed by atoms with Crippen LogP contribution in [0, 0.1) is 0 Å². The van der Waals surface area contributed by atoms with E-state index in [-0.39, 0.29) is 0 Å². The van der Waals surface area contributed by atoms with Crippen molar-refractivity contribution in [3.8, 4) is 5.75 Å². The molecule has 0 amide bonds. The average molecular weight is 258 g/mol. The zero-order valence-electron chi connectivity index (χ0n) is 11.7. The van der Waals surface area contributed by atoms with E-state index in [2.05, 4.69) is 29.9 Å². The van der Waals surface area contributed by atoms with Crippen LogP contribution >= 0.6 is 0 Å². The maximum Gasteiger partial charge on any atom is 0.116 e. The average Bonchev–Trinajstić information content (AvgIpc) is 2.66. The fraction of sp³-hybridized carbons (Fsp3) is 0.500. The van der Waals surface area contributed by atoms with Crippen LogP contribution in [0.5, 0.6) is 5.75 Å². The maximum absolute atomic E-state index is 9.71. The second-order valence-corrected chi connectivity index (χ2v) is 5.87. The van der Waals surface area contributed by atoms with Gasteiger partial charge in [-0.15, -0.1) is 0 Å². The Morgan fingerprint density at radius 2 is 2.16 bits per heavy atom. The van der Waals surface area contributed by atoms with Crippen LogP contribution in [0.4, 0.5) is 0 Å². The molecule has 0 bridgehead atoms. The van der Waals surface area contributed by atoms with Crippen LogP contribution in [0.15, 0.2) is 24.4 Å². The zero-order valence-corrected chi connectivity index (χ0v) is 11.7. The van der Waals surface area contributed by atoms with Gasteiger partial charge in [-0.05, 0) is 50.5 Å². The summed E-state index contributed by atoms with van der Waals surface area (Å²) < 4.78 is 2.28. The largest absolute Gasteiger partial charge is 0.508 e. The third kappa shape index (κ3) is 2.35. The lowest BCUT2D eigenvalue weighted by Gasteiger charge is -2.26. The van der Waals surface area contributed by atoms with Gasteiger partial charge in [0.15, 0.2) is 0 Å². The summed E-state index contributed by atoms with van der Waals surface area (Å²) >= 11 is 0. The molecule has 1 aromatic heterocycles. The summed E-state index contributed by atoms with van der Waals surface area (Å²) in [5.41, 5.74) is 2.49. The van der Waals surface area contributed by atoms with Crippen molar-refractivity contribution in [3.63, 3.8) is 0 Å². The van der Waals surface area contributed by atoms with Crippen LogP contribution in [0.3, 0.4) is 0 Å². The summed E-state index contributed by atoms with van der Waals surface area (Å²) in [7, 11) is 0. The molecule has 1 aliphatic rings. The Hall–Kier alpha value is -1.48. The van der Waals surface area contributed by atoms with Gasteiger partial charge < -0.3 is 15.0 Å². The molecular formula is C16H22N2O. The van der Waals surface area contributed by atoms with Crippen LogP contribution in [0.25, 0.3) is 10.9 Å². The van der Waals surface area contributed by atoms with E-state index in [1.165, 1.54) is 35.7 Å². The number of hydrogen-bond donors (Lipinski definition) is 2. The Morgan fingerprint density at radius 3 is 2.79 bits per heavy atom. The monoisotopic (exact) mass is 258 g/mol. The predicted octanol–water partition coefficient (Wildman–Crippen LogP) is 3.57. The van der Waals surface area contributed by atoms with E-state index in [0.29, 0.717) is 17.8 Å². The van der Waals surface area contributed by atoms with Gasteiger partial charge in [0, 0.05) is 35.7 Å². The zero-order chi connectivity index (χ0) is 13.4. The number of nitrogens with zero attached hydrogens (tertiary/aromatic N) is 1. The Morgan fingerprint density at radius 1 is 1.37 bits per heavy atom. The first-order valence-corrected chi connectivity index (χ1v) is 7.21. The van der Waals surface area contributed by atoms with Crippen molar-refractivity contribution in [1.82, 2.24) is 9.88 Å². The second kappa shape index (κ2) is 4.89. The lowest BCUT2D eigenvalue weighted by Crippen LogP contribution is -2.34. The van der Waals surface area contributed by atoms with E-state index in [4.69, 9.17) is 0 Å². The summed E-state index contributed by atoms with van der Waals surface area (Å²) in [5, 5.41) is 14.5. The summed E-state index contributed by atoms with van der Waals surface area (Å²) in [6, 6.07) is 6.78. The van der Waals surface area contributed by atoms with Gasteiger partial charge >= 0.3 is 0 Å². The highest BCUT2D eigenvalue weighted by Gasteiger charge is 2.18. The molecule has 3 nitrogen and oxygen atoms in total. The van der Waals surface area contributed by atoms with Crippen molar-refractivity contribution in [3.05, 3.63) is 30.0 Å². The summed E-state index contributed by atoms with van der Waals surface area (Å²) in [6.07, 6.45) is 6.18. The minimum absolute atomic E-state index is 0.346. The van der Waals surface area contributed by atoms with Gasteiger partial charge in [-0.3, -0.25) is 0 Å². The number of phenolic OH excluding ortho intramolecular Hbond substituents is 1. The number of nitrogens with one attached hydrogen (secondary N) is 1. The minimum Gasteiger partial charge on any atom is -0.508 e. The molecule has 0 saturated heterocycles. The number of aromatic nitrogens is 1. The maximum atomic E-state index is 9.71. The van der Waals surface area contributed by atoms with Crippen LogP contribution in [-0.2, 0) is 6.54 Å². The first kappa shape index (κ1) is 12.5. The number of aromatic hydroxyl groups is 1. The Bertz CT molecular complexity index is 582. The molecule has 2 N–H and O–H groups in total. The highest BCUT2D eigenvalue weighted by atomic mass is 16.3. The predicted molar refractivity (Wildman–Crippen MR) is 78.5 cm³/mol. The number of benzene rings is 1. The van der Waals surface area contributed by atoms with Gasteiger partial charge in [0.25, 0.3) is 0 Å². The van der Waals surface area contributed by atoms with Gasteiger partial charge in [0.05, 0.1) is 0 Å². The highest BCUT2D eigenvalue weighted by molar-refractivity contribution is 5.85. The van der Waals surface area contributed by atoms with Crippen molar-refractivity contribution in [2.24, 2.45) is 0 Å². The second-order valence-electron chi connectivity index (χ2n) is 5.87. The molecule has 0 radical (unpaired) electrons. The molecule has 1 heterocycles. The van der Waals surface area contributed by atoms with Gasteiger partial charge in [-0.25, -0.2) is 0 Å². The molecule has 1 saturated carbocycles. The first-order valence-electron chi connectivity index (χ1n) is 7.21. The van der Waals surface area contributed by atoms with Gasteiger partial charge in [-0.2, -0.15) is 0 Å². The van der Waals surface area contributed by atoms with Crippen LogP contribution in [0.2, 0.25) is 0 Å². The fourth-order valence-electron chi connectivity index (χ4n) is 2.75. The molecule has 2 aromatic rings. The molecule has 1 aliphatic carbocycles. The lowest BCUT2D eigenvalue weighted by atomic mass is 9.93. The molecule has 0 aliphatic heterocycles. The fourth-order valence-corrected chi connectivity index (χ4v) is 2.75. The molecule has 3 rings (SSSR count). The van der Waals surface area contributed by atoms with Gasteiger partial charge in [-0.1, -0.05) is 6.42 Å². The normalized spacial score (nSPS) is 16.2.